The van der Waals surface area contributed by atoms with Gasteiger partial charge in [0, 0.05) is 25.8 Å². The van der Waals surface area contributed by atoms with Crippen molar-refractivity contribution < 1.29 is 24.5 Å². The molecule has 2 saturated heterocycles. The van der Waals surface area contributed by atoms with E-state index in [0.717, 1.165) is 54.7 Å². The number of phenols is 1. The van der Waals surface area contributed by atoms with Crippen molar-refractivity contribution in [1.82, 2.24) is 9.97 Å². The number of hydrogen-bond acceptors (Lipinski definition) is 8. The molecule has 0 aliphatic carbocycles. The van der Waals surface area contributed by atoms with Gasteiger partial charge in [-0.25, -0.2) is 9.97 Å². The first kappa shape index (κ1) is 22.2. The molecule has 30 heavy (non-hydrogen) atoms. The molecule has 0 amide bonds. The van der Waals surface area contributed by atoms with Gasteiger partial charge in [-0.2, -0.15) is 0 Å². The van der Waals surface area contributed by atoms with Gasteiger partial charge in [0.05, 0.1) is 27.4 Å². The Morgan fingerprint density at radius 1 is 1.20 bits per heavy atom. The zero-order valence-electron chi connectivity index (χ0n) is 16.2. The second-order valence-corrected chi connectivity index (χ2v) is 7.89. The van der Waals surface area contributed by atoms with Gasteiger partial charge in [0.15, 0.2) is 5.82 Å². The van der Waals surface area contributed by atoms with Crippen molar-refractivity contribution in [2.45, 2.75) is 32.0 Å². The topological polar surface area (TPSA) is 114 Å². The number of carbonyl (C=O) groups is 1. The Labute approximate surface area is 182 Å². The molecule has 2 aromatic heterocycles. The Hall–Kier alpha value is -2.46. The number of anilines is 2. The van der Waals surface area contributed by atoms with Crippen molar-refractivity contribution >= 4 is 50.6 Å². The number of phenolic OH excluding ortho intramolecular Hbond substituents is 1. The number of aromatic hydroxyl groups is 1. The van der Waals surface area contributed by atoms with E-state index in [1.54, 1.807) is 23.5 Å². The van der Waals surface area contributed by atoms with Gasteiger partial charge in [-0.15, -0.1) is 11.3 Å². The van der Waals surface area contributed by atoms with E-state index in [9.17, 15) is 5.11 Å². The first-order valence-corrected chi connectivity index (χ1v) is 10.6. The SMILES string of the molecule is C1C[C@H]2OCC[C@H]2O1.CC(=O)O.Oc1ccc(Nc2ncnc3ccsc23)cc1Cl. The van der Waals surface area contributed by atoms with E-state index in [1.807, 2.05) is 11.4 Å². The highest BCUT2D eigenvalue weighted by atomic mass is 35.5. The number of nitrogens with zero attached hydrogens (tertiary/aromatic N) is 2. The first-order valence-electron chi connectivity index (χ1n) is 9.30. The van der Waals surface area contributed by atoms with Crippen molar-refractivity contribution in [1.29, 1.82) is 0 Å². The van der Waals surface area contributed by atoms with Crippen LogP contribution in [-0.2, 0) is 14.3 Å². The number of hydrogen-bond donors (Lipinski definition) is 3. The van der Waals surface area contributed by atoms with Crippen molar-refractivity contribution in [3.05, 3.63) is 41.0 Å². The second-order valence-electron chi connectivity index (χ2n) is 6.56. The first-order chi connectivity index (χ1) is 14.4. The summed E-state index contributed by atoms with van der Waals surface area (Å²) in [5, 5.41) is 22.2. The van der Waals surface area contributed by atoms with Crippen LogP contribution in [0, 0.1) is 0 Å². The summed E-state index contributed by atoms with van der Waals surface area (Å²) < 4.78 is 11.7. The molecular formula is C20H22ClN3O5S. The summed E-state index contributed by atoms with van der Waals surface area (Å²) >= 11 is 7.43. The molecular weight excluding hydrogens is 430 g/mol. The van der Waals surface area contributed by atoms with E-state index in [2.05, 4.69) is 15.3 Å². The largest absolute Gasteiger partial charge is 0.506 e. The van der Waals surface area contributed by atoms with Crippen LogP contribution in [0.25, 0.3) is 10.2 Å². The minimum Gasteiger partial charge on any atom is -0.506 e. The lowest BCUT2D eigenvalue weighted by Crippen LogP contribution is -2.13. The summed E-state index contributed by atoms with van der Waals surface area (Å²) in [5.41, 5.74) is 1.67. The number of aromatic nitrogens is 2. The Bertz CT molecular complexity index is 975. The number of aliphatic carboxylic acids is 1. The normalized spacial score (nSPS) is 19.3. The van der Waals surface area contributed by atoms with Crippen molar-refractivity contribution in [2.24, 2.45) is 0 Å². The summed E-state index contributed by atoms with van der Waals surface area (Å²) in [6, 6.07) is 6.87. The maximum absolute atomic E-state index is 9.37. The van der Waals surface area contributed by atoms with Crippen LogP contribution in [0.4, 0.5) is 11.5 Å². The molecule has 2 fully saturated rings. The number of halogens is 1. The van der Waals surface area contributed by atoms with E-state index in [4.69, 9.17) is 31.0 Å². The second kappa shape index (κ2) is 10.5. The molecule has 2 aliphatic heterocycles. The lowest BCUT2D eigenvalue weighted by Gasteiger charge is -2.07. The number of carboxylic acid groups (broad SMARTS) is 1. The van der Waals surface area contributed by atoms with Gasteiger partial charge in [0.2, 0.25) is 0 Å². The quantitative estimate of drug-likeness (QED) is 0.489. The molecule has 5 rings (SSSR count). The predicted octanol–water partition coefficient (Wildman–Crippen LogP) is 4.45. The third-order valence-electron chi connectivity index (χ3n) is 4.34. The molecule has 1 aromatic carbocycles. The van der Waals surface area contributed by atoms with Gasteiger partial charge in [0.25, 0.3) is 5.97 Å². The lowest BCUT2D eigenvalue weighted by molar-refractivity contribution is -0.134. The predicted molar refractivity (Wildman–Crippen MR) is 116 cm³/mol. The molecule has 4 heterocycles. The van der Waals surface area contributed by atoms with Crippen LogP contribution in [0.3, 0.4) is 0 Å². The zero-order valence-corrected chi connectivity index (χ0v) is 17.8. The molecule has 0 unspecified atom stereocenters. The van der Waals surface area contributed by atoms with E-state index < -0.39 is 5.97 Å². The van der Waals surface area contributed by atoms with E-state index in [0.29, 0.717) is 17.2 Å². The van der Waals surface area contributed by atoms with Gasteiger partial charge in [0.1, 0.15) is 12.1 Å². The van der Waals surface area contributed by atoms with Crippen LogP contribution in [0.2, 0.25) is 5.02 Å². The van der Waals surface area contributed by atoms with Gasteiger partial charge in [-0.1, -0.05) is 11.6 Å². The molecule has 0 radical (unpaired) electrons. The monoisotopic (exact) mass is 451 g/mol. The Morgan fingerprint density at radius 3 is 2.50 bits per heavy atom. The maximum Gasteiger partial charge on any atom is 0.300 e. The smallest absolute Gasteiger partial charge is 0.300 e. The van der Waals surface area contributed by atoms with Crippen LogP contribution in [0.1, 0.15) is 19.8 Å². The summed E-state index contributed by atoms with van der Waals surface area (Å²) in [6.45, 7) is 2.91. The fourth-order valence-electron chi connectivity index (χ4n) is 3.02. The number of rotatable bonds is 2. The lowest BCUT2D eigenvalue weighted by atomic mass is 10.2. The molecule has 0 spiro atoms. The number of carboxylic acids is 1. The molecule has 0 saturated carbocycles. The van der Waals surface area contributed by atoms with E-state index >= 15 is 0 Å². The zero-order chi connectivity index (χ0) is 21.5. The molecule has 2 aliphatic rings. The fraction of sp³-hybridized carbons (Fsp3) is 0.350. The highest BCUT2D eigenvalue weighted by Gasteiger charge is 2.33. The van der Waals surface area contributed by atoms with Gasteiger partial charge < -0.3 is 25.0 Å². The Kier molecular flexibility index (Phi) is 7.81. The molecule has 0 bridgehead atoms. The van der Waals surface area contributed by atoms with Crippen LogP contribution in [0.15, 0.2) is 36.0 Å². The average molecular weight is 452 g/mol. The number of nitrogens with one attached hydrogen (secondary N) is 1. The molecule has 2 atom stereocenters. The van der Waals surface area contributed by atoms with Crippen molar-refractivity contribution in [3.8, 4) is 5.75 Å². The van der Waals surface area contributed by atoms with Gasteiger partial charge in [-0.3, -0.25) is 4.79 Å². The highest BCUT2D eigenvalue weighted by Crippen LogP contribution is 2.31. The number of fused-ring (bicyclic) bond motifs is 2. The summed E-state index contributed by atoms with van der Waals surface area (Å²) in [7, 11) is 0. The minimum absolute atomic E-state index is 0.0613. The third-order valence-corrected chi connectivity index (χ3v) is 5.55. The van der Waals surface area contributed by atoms with Crippen LogP contribution >= 0.6 is 22.9 Å². The number of benzene rings is 1. The average Bonchev–Trinajstić information content (AvgIpc) is 3.41. The third kappa shape index (κ3) is 6.02. The summed E-state index contributed by atoms with van der Waals surface area (Å²) in [4.78, 5) is 17.4. The van der Waals surface area contributed by atoms with Crippen LogP contribution in [-0.4, -0.2) is 51.6 Å². The van der Waals surface area contributed by atoms with E-state index in [1.165, 1.54) is 12.4 Å². The molecule has 3 aromatic rings. The fourth-order valence-corrected chi connectivity index (χ4v) is 3.99. The maximum atomic E-state index is 9.37. The molecule has 160 valence electrons. The van der Waals surface area contributed by atoms with Gasteiger partial charge >= 0.3 is 0 Å². The number of thiophene rings is 1. The Morgan fingerprint density at radius 2 is 1.87 bits per heavy atom. The standard InChI is InChI=1S/C12H8ClN3OS.C6H10O2.C2H4O2/c13-8-5-7(1-2-10(8)17)16-12-11-9(3-4-18-11)14-6-15-12;1-3-7-6-2-4-8-5(1)6;1-2(3)4/h1-6,17H,(H,14,15,16);5-6H,1-4H2;1H3,(H,3,4)/t;5-,6-;/m.1./s1. The minimum atomic E-state index is -0.833. The molecule has 3 N–H and O–H groups in total. The number of ether oxygens (including phenoxy) is 2. The van der Waals surface area contributed by atoms with Crippen molar-refractivity contribution in [3.63, 3.8) is 0 Å². The highest BCUT2D eigenvalue weighted by molar-refractivity contribution is 7.17. The Balaban J connectivity index is 0.000000175. The van der Waals surface area contributed by atoms with Crippen LogP contribution in [0.5, 0.6) is 5.75 Å². The summed E-state index contributed by atoms with van der Waals surface area (Å²) in [6.07, 6.45) is 4.65. The molecule has 10 heteroatoms. The van der Waals surface area contributed by atoms with Gasteiger partial charge in [-0.05, 0) is 42.5 Å². The van der Waals surface area contributed by atoms with Crippen LogP contribution < -0.4 is 5.32 Å². The van der Waals surface area contributed by atoms with Crippen molar-refractivity contribution in [2.75, 3.05) is 18.5 Å². The summed E-state index contributed by atoms with van der Waals surface area (Å²) in [5.74, 6) is -0.0390. The molecule has 8 nitrogen and oxygen atoms in total. The van der Waals surface area contributed by atoms with E-state index in [-0.39, 0.29) is 5.75 Å².